The Labute approximate surface area is 141 Å². The highest BCUT2D eigenvalue weighted by Gasteiger charge is 2.13. The number of aryl methyl sites for hydroxylation is 1. The van der Waals surface area contributed by atoms with Gasteiger partial charge in [-0.1, -0.05) is 48.5 Å². The largest absolute Gasteiger partial charge is 0.391 e. The maximum Gasteiger partial charge on any atom is 0.253 e. The molecular formula is C20H20N2O2. The standard InChI is InChI=1S/C20H20N2O2/c1-14-10-11-16-8-5-9-18(19(16)22-14)20(24)21-13-17(23)12-15-6-3-2-4-7-15/h2-11,17,23H,12-13H2,1H3,(H,21,24). The van der Waals surface area contributed by atoms with Crippen molar-refractivity contribution in [3.05, 3.63) is 77.5 Å². The number of carbonyl (C=O) groups excluding carboxylic acids is 1. The number of aliphatic hydroxyl groups is 1. The van der Waals surface area contributed by atoms with E-state index >= 15 is 0 Å². The molecule has 0 spiro atoms. The quantitative estimate of drug-likeness (QED) is 0.760. The van der Waals surface area contributed by atoms with Crippen molar-refractivity contribution < 1.29 is 9.90 Å². The summed E-state index contributed by atoms with van der Waals surface area (Å²) in [6.07, 6.45) is -0.116. The number of aromatic nitrogens is 1. The molecular weight excluding hydrogens is 300 g/mol. The smallest absolute Gasteiger partial charge is 0.253 e. The molecule has 1 heterocycles. The van der Waals surface area contributed by atoms with Gasteiger partial charge >= 0.3 is 0 Å². The summed E-state index contributed by atoms with van der Waals surface area (Å²) < 4.78 is 0. The van der Waals surface area contributed by atoms with Gasteiger partial charge in [0, 0.05) is 24.0 Å². The van der Waals surface area contributed by atoms with Gasteiger partial charge in [-0.05, 0) is 24.6 Å². The minimum atomic E-state index is -0.624. The molecule has 1 amide bonds. The van der Waals surface area contributed by atoms with Crippen LogP contribution in [0.4, 0.5) is 0 Å². The minimum absolute atomic E-state index is 0.204. The molecule has 0 saturated heterocycles. The summed E-state index contributed by atoms with van der Waals surface area (Å²) in [4.78, 5) is 16.9. The number of para-hydroxylation sites is 1. The van der Waals surface area contributed by atoms with Crippen LogP contribution < -0.4 is 5.32 Å². The first-order valence-electron chi connectivity index (χ1n) is 8.00. The molecule has 0 radical (unpaired) electrons. The van der Waals surface area contributed by atoms with Gasteiger partial charge in [-0.2, -0.15) is 0 Å². The third-order valence-corrected chi connectivity index (χ3v) is 3.92. The Hall–Kier alpha value is -2.72. The third-order valence-electron chi connectivity index (χ3n) is 3.92. The molecule has 24 heavy (non-hydrogen) atoms. The van der Waals surface area contributed by atoms with Gasteiger partial charge in [0.2, 0.25) is 0 Å². The monoisotopic (exact) mass is 320 g/mol. The molecule has 1 atom stereocenters. The number of rotatable bonds is 5. The Kier molecular flexibility index (Phi) is 4.87. The first-order valence-corrected chi connectivity index (χ1v) is 8.00. The first-order chi connectivity index (χ1) is 11.6. The summed E-state index contributed by atoms with van der Waals surface area (Å²) in [6.45, 7) is 2.10. The van der Waals surface area contributed by atoms with Crippen LogP contribution in [0.3, 0.4) is 0 Å². The number of nitrogens with one attached hydrogen (secondary N) is 1. The van der Waals surface area contributed by atoms with Gasteiger partial charge in [-0.25, -0.2) is 0 Å². The summed E-state index contributed by atoms with van der Waals surface area (Å²) in [5, 5.41) is 13.9. The van der Waals surface area contributed by atoms with Crippen LogP contribution in [-0.2, 0) is 6.42 Å². The number of hydrogen-bond acceptors (Lipinski definition) is 3. The SMILES string of the molecule is Cc1ccc2cccc(C(=O)NCC(O)Cc3ccccc3)c2n1. The van der Waals surface area contributed by atoms with Crippen molar-refractivity contribution >= 4 is 16.8 Å². The zero-order chi connectivity index (χ0) is 16.9. The van der Waals surface area contributed by atoms with Crippen molar-refractivity contribution in [3.63, 3.8) is 0 Å². The Balaban J connectivity index is 1.68. The number of amides is 1. The van der Waals surface area contributed by atoms with E-state index < -0.39 is 6.10 Å². The van der Waals surface area contributed by atoms with E-state index in [0.29, 0.717) is 17.5 Å². The average molecular weight is 320 g/mol. The van der Waals surface area contributed by atoms with Gasteiger partial charge in [0.15, 0.2) is 0 Å². The number of fused-ring (bicyclic) bond motifs is 1. The average Bonchev–Trinajstić information content (AvgIpc) is 2.60. The highest BCUT2D eigenvalue weighted by Crippen LogP contribution is 2.17. The molecule has 2 aromatic carbocycles. The van der Waals surface area contributed by atoms with Gasteiger partial charge in [0.25, 0.3) is 5.91 Å². The van der Waals surface area contributed by atoms with E-state index in [2.05, 4.69) is 10.3 Å². The fraction of sp³-hybridized carbons (Fsp3) is 0.200. The molecule has 3 rings (SSSR count). The number of carbonyl (C=O) groups is 1. The van der Waals surface area contributed by atoms with Crippen molar-refractivity contribution in [2.75, 3.05) is 6.54 Å². The lowest BCUT2D eigenvalue weighted by Gasteiger charge is -2.13. The van der Waals surface area contributed by atoms with Crippen LogP contribution in [0.1, 0.15) is 21.6 Å². The number of nitrogens with zero attached hydrogens (tertiary/aromatic N) is 1. The summed E-state index contributed by atoms with van der Waals surface area (Å²) in [6, 6.07) is 19.1. The van der Waals surface area contributed by atoms with Gasteiger partial charge in [-0.15, -0.1) is 0 Å². The van der Waals surface area contributed by atoms with E-state index in [4.69, 9.17) is 0 Å². The number of hydrogen-bond donors (Lipinski definition) is 2. The molecule has 122 valence electrons. The summed E-state index contributed by atoms with van der Waals surface area (Å²) in [5.74, 6) is -0.217. The van der Waals surface area contributed by atoms with Crippen LogP contribution in [0.15, 0.2) is 60.7 Å². The normalized spacial score (nSPS) is 12.1. The van der Waals surface area contributed by atoms with E-state index in [9.17, 15) is 9.90 Å². The first kappa shape index (κ1) is 16.1. The van der Waals surface area contributed by atoms with Gasteiger partial charge in [0.05, 0.1) is 17.2 Å². The van der Waals surface area contributed by atoms with Gasteiger partial charge in [0.1, 0.15) is 0 Å². The molecule has 1 unspecified atom stereocenters. The van der Waals surface area contributed by atoms with Gasteiger partial charge < -0.3 is 10.4 Å². The second kappa shape index (κ2) is 7.23. The second-order valence-corrected chi connectivity index (χ2v) is 5.88. The maximum atomic E-state index is 12.5. The molecule has 0 saturated carbocycles. The molecule has 0 aliphatic rings. The second-order valence-electron chi connectivity index (χ2n) is 5.88. The van der Waals surface area contributed by atoms with Crippen LogP contribution in [0.2, 0.25) is 0 Å². The van der Waals surface area contributed by atoms with Crippen LogP contribution in [0.5, 0.6) is 0 Å². The number of aliphatic hydroxyl groups excluding tert-OH is 1. The topological polar surface area (TPSA) is 62.2 Å². The molecule has 3 aromatic rings. The van der Waals surface area contributed by atoms with E-state index in [1.807, 2.05) is 61.5 Å². The van der Waals surface area contributed by atoms with Crippen LogP contribution in [0, 0.1) is 6.92 Å². The molecule has 0 bridgehead atoms. The predicted octanol–water partition coefficient (Wildman–Crippen LogP) is 2.88. The fourth-order valence-corrected chi connectivity index (χ4v) is 2.69. The zero-order valence-corrected chi connectivity index (χ0v) is 13.6. The lowest BCUT2D eigenvalue weighted by Crippen LogP contribution is -2.33. The van der Waals surface area contributed by atoms with E-state index in [-0.39, 0.29) is 12.5 Å². The Bertz CT molecular complexity index is 847. The van der Waals surface area contributed by atoms with E-state index in [1.165, 1.54) is 0 Å². The lowest BCUT2D eigenvalue weighted by molar-refractivity contribution is 0.0917. The number of benzene rings is 2. The van der Waals surface area contributed by atoms with Crippen LogP contribution in [-0.4, -0.2) is 28.6 Å². The molecule has 0 aliphatic carbocycles. The van der Waals surface area contributed by atoms with Crippen LogP contribution in [0.25, 0.3) is 10.9 Å². The number of pyridine rings is 1. The summed E-state index contributed by atoms with van der Waals surface area (Å²) in [7, 11) is 0. The molecule has 4 nitrogen and oxygen atoms in total. The molecule has 0 fully saturated rings. The summed E-state index contributed by atoms with van der Waals surface area (Å²) in [5.41, 5.74) is 3.13. The van der Waals surface area contributed by atoms with Crippen molar-refractivity contribution in [1.29, 1.82) is 0 Å². The van der Waals surface area contributed by atoms with Crippen molar-refractivity contribution in [2.45, 2.75) is 19.4 Å². The lowest BCUT2D eigenvalue weighted by atomic mass is 10.1. The van der Waals surface area contributed by atoms with Crippen LogP contribution >= 0.6 is 0 Å². The third kappa shape index (κ3) is 3.78. The highest BCUT2D eigenvalue weighted by atomic mass is 16.3. The Morgan fingerprint density at radius 1 is 1.08 bits per heavy atom. The van der Waals surface area contributed by atoms with Crippen molar-refractivity contribution in [1.82, 2.24) is 10.3 Å². The highest BCUT2D eigenvalue weighted by molar-refractivity contribution is 6.05. The van der Waals surface area contributed by atoms with Crippen molar-refractivity contribution in [3.8, 4) is 0 Å². The predicted molar refractivity (Wildman–Crippen MR) is 95.0 cm³/mol. The molecule has 4 heteroatoms. The Morgan fingerprint density at radius 3 is 2.67 bits per heavy atom. The molecule has 2 N–H and O–H groups in total. The molecule has 0 aliphatic heterocycles. The van der Waals surface area contributed by atoms with Crippen molar-refractivity contribution in [2.24, 2.45) is 0 Å². The summed E-state index contributed by atoms with van der Waals surface area (Å²) >= 11 is 0. The van der Waals surface area contributed by atoms with E-state index in [0.717, 1.165) is 16.6 Å². The zero-order valence-electron chi connectivity index (χ0n) is 13.6. The van der Waals surface area contributed by atoms with Gasteiger partial charge in [-0.3, -0.25) is 9.78 Å². The Morgan fingerprint density at radius 2 is 1.88 bits per heavy atom. The molecule has 1 aromatic heterocycles. The fourth-order valence-electron chi connectivity index (χ4n) is 2.69. The maximum absolute atomic E-state index is 12.5. The minimum Gasteiger partial charge on any atom is -0.391 e. The van der Waals surface area contributed by atoms with E-state index in [1.54, 1.807) is 6.07 Å².